The zero-order valence-corrected chi connectivity index (χ0v) is 13.4. The minimum Gasteiger partial charge on any atom is -0.359 e. The van der Waals surface area contributed by atoms with E-state index in [4.69, 9.17) is 16.9 Å². The molecule has 3 atom stereocenters. The lowest BCUT2D eigenvalue weighted by Gasteiger charge is -2.32. The van der Waals surface area contributed by atoms with Crippen LogP contribution in [0.3, 0.4) is 0 Å². The number of allylic oxidation sites excluding steroid dienone is 3. The van der Waals surface area contributed by atoms with Gasteiger partial charge in [0.15, 0.2) is 0 Å². The van der Waals surface area contributed by atoms with E-state index in [1.165, 1.54) is 6.92 Å². The first kappa shape index (κ1) is 16.4. The number of nitriles is 1. The number of hydrazine groups is 1. The summed E-state index contributed by atoms with van der Waals surface area (Å²) in [5.41, 5.74) is 6.53. The number of alkyl halides is 1. The zero-order valence-electron chi connectivity index (χ0n) is 12.6. The smallest absolute Gasteiger partial charge is 0.261 e. The summed E-state index contributed by atoms with van der Waals surface area (Å²) in [6, 6.07) is 1.82. The maximum absolute atomic E-state index is 12.2. The lowest BCUT2D eigenvalue weighted by atomic mass is 9.93. The van der Waals surface area contributed by atoms with Gasteiger partial charge in [0.2, 0.25) is 5.91 Å². The number of hydrogen-bond donors (Lipinski definition) is 2. The Balaban J connectivity index is 2.16. The molecular weight excluding hydrogens is 304 g/mol. The maximum atomic E-state index is 12.2. The molecular formula is C15H19ClN4O2. The van der Waals surface area contributed by atoms with Crippen molar-refractivity contribution >= 4 is 23.4 Å². The summed E-state index contributed by atoms with van der Waals surface area (Å²) < 4.78 is 0. The summed E-state index contributed by atoms with van der Waals surface area (Å²) in [6.45, 7) is 3.97. The molecule has 0 radical (unpaired) electrons. The first-order chi connectivity index (χ1) is 10.5. The van der Waals surface area contributed by atoms with Crippen molar-refractivity contribution in [2.24, 2.45) is 5.92 Å². The van der Waals surface area contributed by atoms with Crippen molar-refractivity contribution in [1.29, 1.82) is 5.26 Å². The summed E-state index contributed by atoms with van der Waals surface area (Å²) in [7, 11) is 0. The molecule has 0 spiro atoms. The van der Waals surface area contributed by atoms with E-state index in [2.05, 4.69) is 16.9 Å². The van der Waals surface area contributed by atoms with Crippen LogP contribution in [0.25, 0.3) is 0 Å². The molecule has 6 nitrogen and oxygen atoms in total. The molecule has 0 bridgehead atoms. The van der Waals surface area contributed by atoms with E-state index < -0.39 is 0 Å². The van der Waals surface area contributed by atoms with Gasteiger partial charge in [0, 0.05) is 19.2 Å². The summed E-state index contributed by atoms with van der Waals surface area (Å²) >= 11 is 6.32. The Hall–Kier alpha value is -2.00. The number of hydrogen-bond acceptors (Lipinski definition) is 4. The number of carbonyl (C=O) groups excluding carboxylic acids is 2. The highest BCUT2D eigenvalue weighted by atomic mass is 35.5. The van der Waals surface area contributed by atoms with Gasteiger partial charge in [-0.3, -0.25) is 20.4 Å². The Bertz CT molecular complexity index is 579. The Labute approximate surface area is 134 Å². The molecule has 0 aromatic rings. The SMILES string of the molecule is CC(=O)NNC(=O)C1CCCN1C1=C(C)C(Cl)C(C#N)C=C1. The van der Waals surface area contributed by atoms with Crippen LogP contribution in [0.2, 0.25) is 0 Å². The van der Waals surface area contributed by atoms with Gasteiger partial charge in [-0.05, 0) is 31.4 Å². The monoisotopic (exact) mass is 322 g/mol. The van der Waals surface area contributed by atoms with Crippen molar-refractivity contribution < 1.29 is 9.59 Å². The standard InChI is InChI=1S/C15H19ClN4O2/c1-9-12(6-5-11(8-17)14(9)16)20-7-3-4-13(20)15(22)19-18-10(2)21/h5-6,11,13-14H,3-4,7H2,1-2H3,(H,18,21)(H,19,22). The normalized spacial score (nSPS) is 27.5. The van der Waals surface area contributed by atoms with E-state index in [-0.39, 0.29) is 29.2 Å². The molecule has 0 aromatic carbocycles. The molecule has 1 saturated heterocycles. The van der Waals surface area contributed by atoms with Crippen LogP contribution >= 0.6 is 11.6 Å². The fourth-order valence-corrected chi connectivity index (χ4v) is 3.08. The van der Waals surface area contributed by atoms with Crippen LogP contribution in [0.15, 0.2) is 23.4 Å². The van der Waals surface area contributed by atoms with Gasteiger partial charge in [0.05, 0.1) is 17.4 Å². The second-order valence-corrected chi connectivity index (χ2v) is 5.98. The fraction of sp³-hybridized carbons (Fsp3) is 0.533. The first-order valence-electron chi connectivity index (χ1n) is 7.21. The van der Waals surface area contributed by atoms with E-state index in [1.54, 1.807) is 6.08 Å². The number of carbonyl (C=O) groups is 2. The molecule has 0 saturated carbocycles. The van der Waals surface area contributed by atoms with Crippen molar-refractivity contribution in [3.8, 4) is 6.07 Å². The van der Waals surface area contributed by atoms with E-state index in [0.29, 0.717) is 6.42 Å². The Morgan fingerprint density at radius 1 is 1.45 bits per heavy atom. The van der Waals surface area contributed by atoms with Crippen LogP contribution in [-0.2, 0) is 9.59 Å². The molecule has 3 unspecified atom stereocenters. The van der Waals surface area contributed by atoms with Gasteiger partial charge in [-0.15, -0.1) is 11.6 Å². The quantitative estimate of drug-likeness (QED) is 0.591. The second kappa shape index (κ2) is 6.84. The highest BCUT2D eigenvalue weighted by Crippen LogP contribution is 2.33. The molecule has 2 N–H and O–H groups in total. The lowest BCUT2D eigenvalue weighted by Crippen LogP contribution is -2.49. The van der Waals surface area contributed by atoms with Gasteiger partial charge in [0.25, 0.3) is 5.91 Å². The molecule has 118 valence electrons. The van der Waals surface area contributed by atoms with E-state index in [0.717, 1.165) is 24.2 Å². The third kappa shape index (κ3) is 3.25. The Morgan fingerprint density at radius 3 is 2.82 bits per heavy atom. The Morgan fingerprint density at radius 2 is 2.18 bits per heavy atom. The van der Waals surface area contributed by atoms with Gasteiger partial charge < -0.3 is 4.90 Å². The highest BCUT2D eigenvalue weighted by molar-refractivity contribution is 6.23. The molecule has 2 rings (SSSR count). The first-order valence-corrected chi connectivity index (χ1v) is 7.65. The van der Waals surface area contributed by atoms with Gasteiger partial charge in [0.1, 0.15) is 6.04 Å². The summed E-state index contributed by atoms with van der Waals surface area (Å²) in [6.07, 6.45) is 5.25. The number of nitrogens with one attached hydrogen (secondary N) is 2. The number of nitrogens with zero attached hydrogens (tertiary/aromatic N) is 2. The molecule has 0 aromatic heterocycles. The minimum absolute atomic E-state index is 0.241. The van der Waals surface area contributed by atoms with Crippen LogP contribution < -0.4 is 10.9 Å². The molecule has 1 fully saturated rings. The average Bonchev–Trinajstić information content (AvgIpc) is 2.96. The van der Waals surface area contributed by atoms with Crippen molar-refractivity contribution in [1.82, 2.24) is 15.8 Å². The van der Waals surface area contributed by atoms with Crippen molar-refractivity contribution in [3.05, 3.63) is 23.4 Å². The molecule has 2 aliphatic rings. The lowest BCUT2D eigenvalue weighted by molar-refractivity contribution is -0.130. The Kier molecular flexibility index (Phi) is 5.09. The number of halogens is 1. The summed E-state index contributed by atoms with van der Waals surface area (Å²) in [5, 5.41) is 8.68. The average molecular weight is 323 g/mol. The molecule has 2 amide bonds. The predicted octanol–water partition coefficient (Wildman–Crippen LogP) is 1.21. The molecule has 22 heavy (non-hydrogen) atoms. The number of likely N-dealkylation sites (tertiary alicyclic amines) is 1. The topological polar surface area (TPSA) is 85.2 Å². The van der Waals surface area contributed by atoms with Crippen molar-refractivity contribution in [3.63, 3.8) is 0 Å². The molecule has 1 aliphatic carbocycles. The van der Waals surface area contributed by atoms with Crippen LogP contribution in [0.1, 0.15) is 26.7 Å². The van der Waals surface area contributed by atoms with Crippen LogP contribution in [0.5, 0.6) is 0 Å². The van der Waals surface area contributed by atoms with Gasteiger partial charge in [-0.1, -0.05) is 6.08 Å². The predicted molar refractivity (Wildman–Crippen MR) is 82.3 cm³/mol. The molecule has 7 heteroatoms. The summed E-state index contributed by atoms with van der Waals surface area (Å²) in [4.78, 5) is 25.1. The van der Waals surface area contributed by atoms with E-state index in [1.807, 2.05) is 17.9 Å². The third-order valence-electron chi connectivity index (χ3n) is 3.97. The highest BCUT2D eigenvalue weighted by Gasteiger charge is 2.35. The van der Waals surface area contributed by atoms with Crippen LogP contribution in [0, 0.1) is 17.2 Å². The van der Waals surface area contributed by atoms with Gasteiger partial charge in [-0.2, -0.15) is 5.26 Å². The molecule has 1 aliphatic heterocycles. The second-order valence-electron chi connectivity index (χ2n) is 5.51. The van der Waals surface area contributed by atoms with E-state index in [9.17, 15) is 9.59 Å². The van der Waals surface area contributed by atoms with Crippen molar-refractivity contribution in [2.45, 2.75) is 38.1 Å². The fourth-order valence-electron chi connectivity index (χ4n) is 2.83. The number of rotatable bonds is 2. The van der Waals surface area contributed by atoms with E-state index >= 15 is 0 Å². The van der Waals surface area contributed by atoms with Crippen LogP contribution in [-0.4, -0.2) is 34.7 Å². The van der Waals surface area contributed by atoms with Crippen molar-refractivity contribution in [2.75, 3.05) is 6.54 Å². The van der Waals surface area contributed by atoms with Gasteiger partial charge >= 0.3 is 0 Å². The number of amides is 2. The van der Waals surface area contributed by atoms with Gasteiger partial charge in [-0.25, -0.2) is 0 Å². The maximum Gasteiger partial charge on any atom is 0.261 e. The van der Waals surface area contributed by atoms with Crippen LogP contribution in [0.4, 0.5) is 0 Å². The molecule has 1 heterocycles. The zero-order chi connectivity index (χ0) is 16.3. The largest absolute Gasteiger partial charge is 0.359 e. The minimum atomic E-state index is -0.385. The third-order valence-corrected chi connectivity index (χ3v) is 4.57. The summed E-state index contributed by atoms with van der Waals surface area (Å²) in [5.74, 6) is -0.904.